The first kappa shape index (κ1) is 35.5. The van der Waals surface area contributed by atoms with Crippen LogP contribution in [0.2, 0.25) is 0 Å². The standard InChI is InChI=1S/C60H37N3/c1-4-16-38(17-5-1)54-34-30-39-28-29-40-31-35-56(62-58(40)57(39)61-54)47-32-33-48(44-23-11-10-22-43(44)47)59-51-36-50-45-24-12-14-26-52(45)60(41-18-6-2-7-19-41,42-20-8-3-9-21-42)53(50)37-49(51)46-25-13-15-27-55(46)63-59/h1-37H. The summed E-state index contributed by atoms with van der Waals surface area (Å²) in [6.45, 7) is 0. The Morgan fingerprint density at radius 2 is 0.841 bits per heavy atom. The Kier molecular flexibility index (Phi) is 7.82. The Morgan fingerprint density at radius 1 is 0.302 bits per heavy atom. The molecule has 3 nitrogen and oxygen atoms in total. The van der Waals surface area contributed by atoms with E-state index in [1.807, 2.05) is 6.07 Å². The minimum atomic E-state index is -0.502. The maximum Gasteiger partial charge on any atom is 0.0972 e. The molecule has 63 heavy (non-hydrogen) atoms. The van der Waals surface area contributed by atoms with Crippen LogP contribution in [0.5, 0.6) is 0 Å². The molecule has 0 N–H and O–H groups in total. The molecule has 0 aliphatic heterocycles. The van der Waals surface area contributed by atoms with E-state index in [4.69, 9.17) is 15.0 Å². The molecule has 3 heteroatoms. The minimum Gasteiger partial charge on any atom is -0.247 e. The zero-order valence-corrected chi connectivity index (χ0v) is 34.2. The van der Waals surface area contributed by atoms with Crippen LogP contribution >= 0.6 is 0 Å². The van der Waals surface area contributed by atoms with Gasteiger partial charge in [0.2, 0.25) is 0 Å². The van der Waals surface area contributed by atoms with Gasteiger partial charge in [-0.1, -0.05) is 194 Å². The number of pyridine rings is 3. The van der Waals surface area contributed by atoms with E-state index < -0.39 is 5.41 Å². The van der Waals surface area contributed by atoms with Crippen LogP contribution in [0.3, 0.4) is 0 Å². The van der Waals surface area contributed by atoms with Crippen molar-refractivity contribution in [2.45, 2.75) is 5.41 Å². The van der Waals surface area contributed by atoms with Crippen LogP contribution in [-0.4, -0.2) is 15.0 Å². The average molecular weight is 800 g/mol. The van der Waals surface area contributed by atoms with Crippen LogP contribution in [0.1, 0.15) is 22.3 Å². The van der Waals surface area contributed by atoms with E-state index in [0.717, 1.165) is 82.6 Å². The molecular weight excluding hydrogens is 763 g/mol. The van der Waals surface area contributed by atoms with Crippen LogP contribution < -0.4 is 0 Å². The molecule has 0 fully saturated rings. The van der Waals surface area contributed by atoms with E-state index in [9.17, 15) is 0 Å². The highest BCUT2D eigenvalue weighted by atomic mass is 14.8. The van der Waals surface area contributed by atoms with Crippen molar-refractivity contribution >= 4 is 54.3 Å². The summed E-state index contributed by atoms with van der Waals surface area (Å²) in [7, 11) is 0. The predicted molar refractivity (Wildman–Crippen MR) is 261 cm³/mol. The molecule has 0 spiro atoms. The van der Waals surface area contributed by atoms with Gasteiger partial charge in [0.05, 0.1) is 39.0 Å². The summed E-state index contributed by atoms with van der Waals surface area (Å²) in [6.07, 6.45) is 0. The highest BCUT2D eigenvalue weighted by Crippen LogP contribution is 2.57. The Labute approximate surface area is 364 Å². The van der Waals surface area contributed by atoms with Crippen LogP contribution in [-0.2, 0) is 5.41 Å². The number of benzene rings is 9. The van der Waals surface area contributed by atoms with E-state index >= 15 is 0 Å². The molecule has 292 valence electrons. The number of hydrogen-bond acceptors (Lipinski definition) is 3. The second kappa shape index (κ2) is 13.9. The molecule has 1 aliphatic rings. The van der Waals surface area contributed by atoms with Gasteiger partial charge in [-0.2, -0.15) is 0 Å². The quantitative estimate of drug-likeness (QED) is 0.163. The van der Waals surface area contributed by atoms with Gasteiger partial charge >= 0.3 is 0 Å². The number of fused-ring (bicyclic) bond motifs is 10. The predicted octanol–water partition coefficient (Wildman–Crippen LogP) is 15.0. The number of aromatic nitrogens is 3. The van der Waals surface area contributed by atoms with Crippen molar-refractivity contribution in [1.82, 2.24) is 15.0 Å². The largest absolute Gasteiger partial charge is 0.247 e. The van der Waals surface area contributed by atoms with Crippen molar-refractivity contribution in [1.29, 1.82) is 0 Å². The third-order valence-electron chi connectivity index (χ3n) is 13.3. The summed E-state index contributed by atoms with van der Waals surface area (Å²) in [4.78, 5) is 16.1. The highest BCUT2D eigenvalue weighted by molar-refractivity contribution is 6.17. The smallest absolute Gasteiger partial charge is 0.0972 e. The van der Waals surface area contributed by atoms with Gasteiger partial charge in [-0.25, -0.2) is 15.0 Å². The fourth-order valence-electron chi connectivity index (χ4n) is 10.5. The minimum absolute atomic E-state index is 0.502. The van der Waals surface area contributed by atoms with E-state index in [-0.39, 0.29) is 0 Å². The molecule has 9 aromatic carbocycles. The fraction of sp³-hybridized carbons (Fsp3) is 0.0167. The van der Waals surface area contributed by atoms with Gasteiger partial charge in [0, 0.05) is 38.2 Å². The zero-order chi connectivity index (χ0) is 41.5. The highest BCUT2D eigenvalue weighted by Gasteiger charge is 2.46. The molecule has 13 rings (SSSR count). The number of para-hydroxylation sites is 1. The van der Waals surface area contributed by atoms with Crippen molar-refractivity contribution in [3.63, 3.8) is 0 Å². The first-order valence-electron chi connectivity index (χ1n) is 21.6. The fourth-order valence-corrected chi connectivity index (χ4v) is 10.5. The normalized spacial score (nSPS) is 12.9. The lowest BCUT2D eigenvalue weighted by atomic mass is 9.67. The molecule has 3 heterocycles. The Hall–Kier alpha value is -8.27. The lowest BCUT2D eigenvalue weighted by Crippen LogP contribution is -2.28. The van der Waals surface area contributed by atoms with Gasteiger partial charge in [0.25, 0.3) is 0 Å². The first-order chi connectivity index (χ1) is 31.2. The van der Waals surface area contributed by atoms with Gasteiger partial charge in [-0.05, 0) is 79.9 Å². The van der Waals surface area contributed by atoms with Crippen molar-refractivity contribution in [3.05, 3.63) is 247 Å². The van der Waals surface area contributed by atoms with E-state index in [1.54, 1.807) is 0 Å². The number of hydrogen-bond donors (Lipinski definition) is 0. The summed E-state index contributed by atoms with van der Waals surface area (Å²) >= 11 is 0. The third kappa shape index (κ3) is 5.30. The summed E-state index contributed by atoms with van der Waals surface area (Å²) in [5, 5.41) is 7.86. The zero-order valence-electron chi connectivity index (χ0n) is 34.2. The molecule has 0 unspecified atom stereocenters. The van der Waals surface area contributed by atoms with Crippen LogP contribution in [0.4, 0.5) is 0 Å². The van der Waals surface area contributed by atoms with Crippen LogP contribution in [0.15, 0.2) is 224 Å². The summed E-state index contributed by atoms with van der Waals surface area (Å²) < 4.78 is 0. The lowest BCUT2D eigenvalue weighted by Gasteiger charge is -2.34. The molecule has 0 saturated carbocycles. The van der Waals surface area contributed by atoms with Gasteiger partial charge in [0.1, 0.15) is 0 Å². The molecule has 12 aromatic rings. The summed E-state index contributed by atoms with van der Waals surface area (Å²) in [5.41, 5.74) is 15.9. The second-order valence-electron chi connectivity index (χ2n) is 16.6. The third-order valence-corrected chi connectivity index (χ3v) is 13.3. The van der Waals surface area contributed by atoms with Gasteiger partial charge in [0.15, 0.2) is 0 Å². The number of nitrogens with zero attached hydrogens (tertiary/aromatic N) is 3. The van der Waals surface area contributed by atoms with Crippen molar-refractivity contribution in [2.24, 2.45) is 0 Å². The van der Waals surface area contributed by atoms with Crippen LogP contribution in [0.25, 0.3) is 99.2 Å². The van der Waals surface area contributed by atoms with Gasteiger partial charge in [-0.3, -0.25) is 0 Å². The Bertz CT molecular complexity index is 3750. The van der Waals surface area contributed by atoms with E-state index in [1.165, 1.54) is 38.8 Å². The number of rotatable bonds is 5. The molecular formula is C60H37N3. The van der Waals surface area contributed by atoms with Crippen molar-refractivity contribution < 1.29 is 0 Å². The van der Waals surface area contributed by atoms with E-state index in [2.05, 4.69) is 218 Å². The Balaban J connectivity index is 1.05. The second-order valence-corrected chi connectivity index (χ2v) is 16.6. The molecule has 1 aliphatic carbocycles. The maximum absolute atomic E-state index is 5.54. The molecule has 0 radical (unpaired) electrons. The summed E-state index contributed by atoms with van der Waals surface area (Å²) in [6, 6.07) is 81.0. The van der Waals surface area contributed by atoms with Crippen LogP contribution in [0, 0.1) is 0 Å². The lowest BCUT2D eigenvalue weighted by molar-refractivity contribution is 0.769. The maximum atomic E-state index is 5.54. The van der Waals surface area contributed by atoms with Crippen molar-refractivity contribution in [3.8, 4) is 44.9 Å². The van der Waals surface area contributed by atoms with Crippen molar-refractivity contribution in [2.75, 3.05) is 0 Å². The molecule has 0 bridgehead atoms. The van der Waals surface area contributed by atoms with Gasteiger partial charge < -0.3 is 0 Å². The Morgan fingerprint density at radius 3 is 1.56 bits per heavy atom. The topological polar surface area (TPSA) is 38.7 Å². The monoisotopic (exact) mass is 799 g/mol. The van der Waals surface area contributed by atoms with Gasteiger partial charge in [-0.15, -0.1) is 0 Å². The molecule has 0 saturated heterocycles. The SMILES string of the molecule is c1ccc(-c2ccc3ccc4ccc(-c5ccc(-c6nc7ccccc7c7cc8c(cc67)-c6ccccc6C8(c6ccccc6)c6ccccc6)c6ccccc56)nc4c3n2)cc1. The van der Waals surface area contributed by atoms with E-state index in [0.29, 0.717) is 0 Å². The molecule has 3 aromatic heterocycles. The average Bonchev–Trinajstić information content (AvgIpc) is 3.65. The molecule has 0 amide bonds. The molecule has 0 atom stereocenters. The first-order valence-corrected chi connectivity index (χ1v) is 21.6. The summed E-state index contributed by atoms with van der Waals surface area (Å²) in [5.74, 6) is 0.